The van der Waals surface area contributed by atoms with E-state index < -0.39 is 15.1 Å². The van der Waals surface area contributed by atoms with Crippen molar-refractivity contribution in [3.8, 4) is 11.5 Å². The molecule has 1 fully saturated rings. The molecular formula is C15H21NO5S. The molecule has 0 N–H and O–H groups in total. The fraction of sp³-hybridized carbons (Fsp3) is 0.533. The summed E-state index contributed by atoms with van der Waals surface area (Å²) in [6, 6.07) is 7.03. The Bertz CT molecular complexity index is 611. The van der Waals surface area contributed by atoms with Crippen LogP contribution in [0.15, 0.2) is 24.3 Å². The summed E-state index contributed by atoms with van der Waals surface area (Å²) in [7, 11) is -3.09. The maximum absolute atomic E-state index is 12.0. The monoisotopic (exact) mass is 327 g/mol. The lowest BCUT2D eigenvalue weighted by atomic mass is 10.3. The highest BCUT2D eigenvalue weighted by Crippen LogP contribution is 2.19. The van der Waals surface area contributed by atoms with Gasteiger partial charge in [-0.3, -0.25) is 4.79 Å². The molecular weight excluding hydrogens is 306 g/mol. The van der Waals surface area contributed by atoms with Gasteiger partial charge in [0.05, 0.1) is 11.9 Å². The van der Waals surface area contributed by atoms with Crippen molar-refractivity contribution in [3.63, 3.8) is 0 Å². The smallest absolute Gasteiger partial charge is 0.260 e. The average molecular weight is 327 g/mol. The third-order valence-electron chi connectivity index (χ3n) is 3.60. The second-order valence-corrected chi connectivity index (χ2v) is 7.60. The quantitative estimate of drug-likeness (QED) is 0.782. The Balaban J connectivity index is 1.83. The van der Waals surface area contributed by atoms with Crippen molar-refractivity contribution in [1.82, 2.24) is 4.90 Å². The molecule has 0 spiro atoms. The number of amides is 1. The van der Waals surface area contributed by atoms with Crippen LogP contribution >= 0.6 is 0 Å². The molecule has 22 heavy (non-hydrogen) atoms. The Kier molecular flexibility index (Phi) is 5.28. The zero-order chi connectivity index (χ0) is 16.2. The Hall–Kier alpha value is -1.76. The lowest BCUT2D eigenvalue weighted by molar-refractivity contribution is -0.132. The molecule has 0 bridgehead atoms. The van der Waals surface area contributed by atoms with Crippen LogP contribution in [-0.2, 0) is 14.6 Å². The van der Waals surface area contributed by atoms with E-state index in [9.17, 15) is 13.2 Å². The van der Waals surface area contributed by atoms with Gasteiger partial charge < -0.3 is 14.4 Å². The minimum absolute atomic E-state index is 0.0928. The highest BCUT2D eigenvalue weighted by Gasteiger charge is 2.32. The second kappa shape index (κ2) is 7.00. The van der Waals surface area contributed by atoms with E-state index in [1.165, 1.54) is 6.26 Å². The van der Waals surface area contributed by atoms with Crippen LogP contribution in [0.3, 0.4) is 0 Å². The largest absolute Gasteiger partial charge is 0.494 e. The maximum Gasteiger partial charge on any atom is 0.260 e. The highest BCUT2D eigenvalue weighted by atomic mass is 32.2. The summed E-state index contributed by atoms with van der Waals surface area (Å²) in [5, 5.41) is -0.457. The molecule has 122 valence electrons. The van der Waals surface area contributed by atoms with E-state index in [0.717, 1.165) is 5.75 Å². The molecule has 1 heterocycles. The van der Waals surface area contributed by atoms with Crippen molar-refractivity contribution in [2.75, 3.05) is 32.6 Å². The SMILES string of the molecule is CCOc1ccc(OCC(=O)N2CCC(S(C)(=O)=O)C2)cc1. The predicted octanol–water partition coefficient (Wildman–Crippen LogP) is 1.11. The molecule has 1 amide bonds. The van der Waals surface area contributed by atoms with E-state index in [1.807, 2.05) is 6.92 Å². The predicted molar refractivity (Wildman–Crippen MR) is 82.9 cm³/mol. The number of ether oxygens (including phenoxy) is 2. The van der Waals surface area contributed by atoms with Crippen LogP contribution in [0.25, 0.3) is 0 Å². The van der Waals surface area contributed by atoms with Crippen molar-refractivity contribution in [1.29, 1.82) is 0 Å². The zero-order valence-electron chi connectivity index (χ0n) is 12.8. The summed E-state index contributed by atoms with van der Waals surface area (Å²) in [6.07, 6.45) is 1.70. The van der Waals surface area contributed by atoms with Gasteiger partial charge in [-0.1, -0.05) is 0 Å². The maximum atomic E-state index is 12.0. The van der Waals surface area contributed by atoms with E-state index >= 15 is 0 Å². The number of benzene rings is 1. The number of sulfone groups is 1. The summed E-state index contributed by atoms with van der Waals surface area (Å²) in [5.74, 6) is 1.13. The van der Waals surface area contributed by atoms with Gasteiger partial charge in [0.25, 0.3) is 5.91 Å². The van der Waals surface area contributed by atoms with Crippen LogP contribution in [0.1, 0.15) is 13.3 Å². The van der Waals surface area contributed by atoms with Crippen LogP contribution in [0.5, 0.6) is 11.5 Å². The minimum atomic E-state index is -3.09. The number of rotatable bonds is 6. The van der Waals surface area contributed by atoms with Crippen molar-refractivity contribution in [3.05, 3.63) is 24.3 Å². The van der Waals surface area contributed by atoms with Gasteiger partial charge in [0.1, 0.15) is 11.5 Å². The summed E-state index contributed by atoms with van der Waals surface area (Å²) in [4.78, 5) is 13.6. The van der Waals surface area contributed by atoms with E-state index in [-0.39, 0.29) is 19.1 Å². The second-order valence-electron chi connectivity index (χ2n) is 5.27. The fourth-order valence-electron chi connectivity index (χ4n) is 2.34. The Morgan fingerprint density at radius 1 is 1.23 bits per heavy atom. The van der Waals surface area contributed by atoms with Gasteiger partial charge in [-0.2, -0.15) is 0 Å². The van der Waals surface area contributed by atoms with E-state index in [1.54, 1.807) is 29.2 Å². The van der Waals surface area contributed by atoms with Crippen LogP contribution in [0, 0.1) is 0 Å². The Morgan fingerprint density at radius 3 is 2.32 bits per heavy atom. The minimum Gasteiger partial charge on any atom is -0.494 e. The first kappa shape index (κ1) is 16.6. The van der Waals surface area contributed by atoms with Crippen molar-refractivity contribution in [2.45, 2.75) is 18.6 Å². The normalized spacial score (nSPS) is 18.3. The lowest BCUT2D eigenvalue weighted by Gasteiger charge is -2.16. The molecule has 1 aromatic carbocycles. The summed E-state index contributed by atoms with van der Waals surface area (Å²) >= 11 is 0. The molecule has 1 atom stereocenters. The molecule has 1 aromatic rings. The molecule has 6 nitrogen and oxygen atoms in total. The fourth-order valence-corrected chi connectivity index (χ4v) is 3.32. The third-order valence-corrected chi connectivity index (χ3v) is 5.20. The third kappa shape index (κ3) is 4.37. The molecule has 0 saturated carbocycles. The lowest BCUT2D eigenvalue weighted by Crippen LogP contribution is -2.34. The summed E-state index contributed by atoms with van der Waals surface area (Å²) < 4.78 is 33.7. The number of hydrogen-bond donors (Lipinski definition) is 0. The zero-order valence-corrected chi connectivity index (χ0v) is 13.6. The number of carbonyl (C=O) groups is 1. The first-order valence-electron chi connectivity index (χ1n) is 7.22. The molecule has 1 unspecified atom stereocenters. The Morgan fingerprint density at radius 2 is 1.82 bits per heavy atom. The number of likely N-dealkylation sites (tertiary alicyclic amines) is 1. The van der Waals surface area contributed by atoms with E-state index in [2.05, 4.69) is 0 Å². The average Bonchev–Trinajstić information content (AvgIpc) is 2.96. The van der Waals surface area contributed by atoms with Gasteiger partial charge in [-0.15, -0.1) is 0 Å². The molecule has 0 aliphatic carbocycles. The van der Waals surface area contributed by atoms with Gasteiger partial charge >= 0.3 is 0 Å². The molecule has 2 rings (SSSR count). The van der Waals surface area contributed by atoms with Crippen LogP contribution in [-0.4, -0.2) is 57.0 Å². The van der Waals surface area contributed by atoms with E-state index in [4.69, 9.17) is 9.47 Å². The number of carbonyl (C=O) groups excluding carboxylic acids is 1. The summed E-state index contributed by atoms with van der Waals surface area (Å²) in [6.45, 7) is 3.12. The first-order valence-corrected chi connectivity index (χ1v) is 9.18. The van der Waals surface area contributed by atoms with Crippen LogP contribution < -0.4 is 9.47 Å². The standard InChI is InChI=1S/C15H21NO5S/c1-3-20-12-4-6-13(7-5-12)21-11-15(17)16-9-8-14(10-16)22(2,18)19/h4-7,14H,3,8-11H2,1-2H3. The summed E-state index contributed by atoms with van der Waals surface area (Å²) in [5.41, 5.74) is 0. The van der Waals surface area contributed by atoms with Gasteiger partial charge in [0, 0.05) is 19.3 Å². The van der Waals surface area contributed by atoms with Crippen molar-refractivity contribution < 1.29 is 22.7 Å². The molecule has 1 aliphatic heterocycles. The highest BCUT2D eigenvalue weighted by molar-refractivity contribution is 7.91. The molecule has 0 radical (unpaired) electrons. The van der Waals surface area contributed by atoms with E-state index in [0.29, 0.717) is 25.3 Å². The van der Waals surface area contributed by atoms with Gasteiger partial charge in [0.2, 0.25) is 0 Å². The molecule has 0 aromatic heterocycles. The van der Waals surface area contributed by atoms with Gasteiger partial charge in [-0.05, 0) is 37.6 Å². The first-order chi connectivity index (χ1) is 10.4. The topological polar surface area (TPSA) is 72.9 Å². The number of hydrogen-bond acceptors (Lipinski definition) is 5. The van der Waals surface area contributed by atoms with Crippen molar-refractivity contribution >= 4 is 15.7 Å². The molecule has 1 aliphatic rings. The van der Waals surface area contributed by atoms with Crippen molar-refractivity contribution in [2.24, 2.45) is 0 Å². The van der Waals surface area contributed by atoms with Gasteiger partial charge in [-0.25, -0.2) is 8.42 Å². The molecule has 7 heteroatoms. The Labute approximate surface area is 130 Å². The molecule has 1 saturated heterocycles. The number of nitrogens with zero attached hydrogens (tertiary/aromatic N) is 1. The van der Waals surface area contributed by atoms with Crippen LogP contribution in [0.2, 0.25) is 0 Å². The van der Waals surface area contributed by atoms with Gasteiger partial charge in [0.15, 0.2) is 16.4 Å². The van der Waals surface area contributed by atoms with Crippen LogP contribution in [0.4, 0.5) is 0 Å².